The summed E-state index contributed by atoms with van der Waals surface area (Å²) >= 11 is 0. The smallest absolute Gasteiger partial charge is 0.138 e. The first-order valence-corrected chi connectivity index (χ1v) is 6.14. The van der Waals surface area contributed by atoms with E-state index in [2.05, 4.69) is 24.3 Å². The van der Waals surface area contributed by atoms with E-state index in [0.29, 0.717) is 12.1 Å². The molecule has 0 saturated heterocycles. The lowest BCUT2D eigenvalue weighted by Crippen LogP contribution is -2.60. The van der Waals surface area contributed by atoms with Crippen molar-refractivity contribution >= 4 is 0 Å². The predicted octanol–water partition coefficient (Wildman–Crippen LogP) is 2.19. The summed E-state index contributed by atoms with van der Waals surface area (Å²) < 4.78 is 10.6. The molecule has 1 saturated carbocycles. The molecule has 1 fully saturated rings. The van der Waals surface area contributed by atoms with Crippen molar-refractivity contribution in [3.63, 3.8) is 0 Å². The Hall–Kier alpha value is -0.870. The minimum atomic E-state index is 0.202. The number of methoxy groups -OCH3 is 1. The second-order valence-electron chi connectivity index (χ2n) is 5.52. The third-order valence-electron chi connectivity index (χ3n) is 4.17. The SMILES string of the molecule is COC1CC(NCc2c(C)noc2C)C1(C)C. The van der Waals surface area contributed by atoms with Crippen molar-refractivity contribution in [2.24, 2.45) is 5.41 Å². The Kier molecular flexibility index (Phi) is 3.27. The highest BCUT2D eigenvalue weighted by atomic mass is 16.5. The molecule has 1 aliphatic rings. The van der Waals surface area contributed by atoms with Crippen LogP contribution < -0.4 is 5.32 Å². The summed E-state index contributed by atoms with van der Waals surface area (Å²) in [6, 6.07) is 0.501. The predicted molar refractivity (Wildman–Crippen MR) is 65.8 cm³/mol. The zero-order valence-corrected chi connectivity index (χ0v) is 11.3. The molecule has 2 rings (SSSR count). The van der Waals surface area contributed by atoms with Gasteiger partial charge in [0.2, 0.25) is 0 Å². The molecule has 1 aliphatic carbocycles. The van der Waals surface area contributed by atoms with E-state index in [1.807, 2.05) is 13.8 Å². The number of aryl methyl sites for hydroxylation is 2. The minimum Gasteiger partial charge on any atom is -0.381 e. The third-order valence-corrected chi connectivity index (χ3v) is 4.17. The van der Waals surface area contributed by atoms with Crippen LogP contribution in [0, 0.1) is 19.3 Å². The van der Waals surface area contributed by atoms with Crippen LogP contribution in [0.4, 0.5) is 0 Å². The largest absolute Gasteiger partial charge is 0.381 e. The van der Waals surface area contributed by atoms with Gasteiger partial charge in [-0.05, 0) is 20.3 Å². The molecule has 1 heterocycles. The van der Waals surface area contributed by atoms with Crippen LogP contribution in [0.15, 0.2) is 4.52 Å². The van der Waals surface area contributed by atoms with Gasteiger partial charge in [-0.2, -0.15) is 0 Å². The molecule has 2 atom stereocenters. The van der Waals surface area contributed by atoms with Gasteiger partial charge in [-0.25, -0.2) is 0 Å². The Balaban J connectivity index is 1.93. The summed E-state index contributed by atoms with van der Waals surface area (Å²) in [7, 11) is 1.79. The van der Waals surface area contributed by atoms with Crippen molar-refractivity contribution in [1.82, 2.24) is 10.5 Å². The van der Waals surface area contributed by atoms with Crippen LogP contribution in [-0.2, 0) is 11.3 Å². The summed E-state index contributed by atoms with van der Waals surface area (Å²) in [5, 5.41) is 7.54. The normalized spacial score (nSPS) is 26.9. The van der Waals surface area contributed by atoms with Crippen LogP contribution in [0.5, 0.6) is 0 Å². The molecule has 0 amide bonds. The van der Waals surface area contributed by atoms with E-state index in [0.717, 1.165) is 24.4 Å². The van der Waals surface area contributed by atoms with Gasteiger partial charge in [-0.1, -0.05) is 19.0 Å². The van der Waals surface area contributed by atoms with E-state index in [4.69, 9.17) is 9.26 Å². The molecule has 0 spiro atoms. The molecule has 0 aromatic carbocycles. The van der Waals surface area contributed by atoms with E-state index in [1.54, 1.807) is 7.11 Å². The third kappa shape index (κ3) is 2.11. The molecule has 0 radical (unpaired) electrons. The van der Waals surface area contributed by atoms with Crippen molar-refractivity contribution in [3.05, 3.63) is 17.0 Å². The number of rotatable bonds is 4. The van der Waals surface area contributed by atoms with Gasteiger partial charge in [0, 0.05) is 30.7 Å². The fourth-order valence-corrected chi connectivity index (χ4v) is 2.61. The summed E-state index contributed by atoms with van der Waals surface area (Å²) in [5.41, 5.74) is 2.37. The lowest BCUT2D eigenvalue weighted by molar-refractivity contribution is -0.0979. The fourth-order valence-electron chi connectivity index (χ4n) is 2.61. The first-order chi connectivity index (χ1) is 7.96. The van der Waals surface area contributed by atoms with E-state index < -0.39 is 0 Å². The average molecular weight is 238 g/mol. The number of nitrogens with zero attached hydrogens (tertiary/aromatic N) is 1. The van der Waals surface area contributed by atoms with E-state index in [-0.39, 0.29) is 5.41 Å². The number of hydrogen-bond acceptors (Lipinski definition) is 4. The standard InChI is InChI=1S/C13H22N2O2/c1-8-10(9(2)17-15-8)7-14-11-6-12(16-5)13(11,3)4/h11-12,14H,6-7H2,1-5H3. The van der Waals surface area contributed by atoms with Gasteiger partial charge in [0.05, 0.1) is 11.8 Å². The highest BCUT2D eigenvalue weighted by Gasteiger charge is 2.48. The maximum atomic E-state index is 5.45. The van der Waals surface area contributed by atoms with Gasteiger partial charge < -0.3 is 14.6 Å². The molecule has 1 N–H and O–H groups in total. The zero-order valence-electron chi connectivity index (χ0n) is 11.3. The van der Waals surface area contributed by atoms with Gasteiger partial charge in [0.25, 0.3) is 0 Å². The molecule has 96 valence electrons. The van der Waals surface area contributed by atoms with Gasteiger partial charge >= 0.3 is 0 Å². The van der Waals surface area contributed by atoms with Crippen molar-refractivity contribution in [2.45, 2.75) is 52.8 Å². The number of aromatic nitrogens is 1. The molecule has 2 unspecified atom stereocenters. The Morgan fingerprint density at radius 1 is 1.47 bits per heavy atom. The molecular weight excluding hydrogens is 216 g/mol. The van der Waals surface area contributed by atoms with Crippen LogP contribution >= 0.6 is 0 Å². The topological polar surface area (TPSA) is 47.3 Å². The fraction of sp³-hybridized carbons (Fsp3) is 0.769. The lowest BCUT2D eigenvalue weighted by Gasteiger charge is -2.51. The Bertz CT molecular complexity index is 379. The Morgan fingerprint density at radius 3 is 2.65 bits per heavy atom. The summed E-state index contributed by atoms with van der Waals surface area (Å²) in [4.78, 5) is 0. The van der Waals surface area contributed by atoms with E-state index in [9.17, 15) is 0 Å². The van der Waals surface area contributed by atoms with Crippen molar-refractivity contribution in [1.29, 1.82) is 0 Å². The van der Waals surface area contributed by atoms with Gasteiger partial charge in [0.1, 0.15) is 5.76 Å². The number of nitrogens with one attached hydrogen (secondary N) is 1. The monoisotopic (exact) mass is 238 g/mol. The average Bonchev–Trinajstić information content (AvgIpc) is 2.59. The summed E-state index contributed by atoms with van der Waals surface area (Å²) in [6.45, 7) is 9.26. The molecular formula is C13H22N2O2. The Labute approximate surface area is 103 Å². The number of ether oxygens (including phenoxy) is 1. The van der Waals surface area contributed by atoms with Crippen molar-refractivity contribution < 1.29 is 9.26 Å². The molecule has 4 nitrogen and oxygen atoms in total. The second-order valence-corrected chi connectivity index (χ2v) is 5.52. The van der Waals surface area contributed by atoms with Gasteiger partial charge in [0.15, 0.2) is 0 Å². The molecule has 1 aromatic rings. The van der Waals surface area contributed by atoms with Crippen LogP contribution in [0.25, 0.3) is 0 Å². The lowest BCUT2D eigenvalue weighted by atomic mass is 9.64. The summed E-state index contributed by atoms with van der Waals surface area (Å²) in [6.07, 6.45) is 1.44. The molecule has 17 heavy (non-hydrogen) atoms. The quantitative estimate of drug-likeness (QED) is 0.873. The first kappa shape index (κ1) is 12.6. The van der Waals surface area contributed by atoms with Crippen molar-refractivity contribution in [3.8, 4) is 0 Å². The Morgan fingerprint density at radius 2 is 2.18 bits per heavy atom. The van der Waals surface area contributed by atoms with Crippen LogP contribution in [0.1, 0.15) is 37.3 Å². The molecule has 0 aliphatic heterocycles. The van der Waals surface area contributed by atoms with E-state index in [1.165, 1.54) is 5.56 Å². The first-order valence-electron chi connectivity index (χ1n) is 6.14. The molecule has 1 aromatic heterocycles. The molecule has 0 bridgehead atoms. The maximum Gasteiger partial charge on any atom is 0.138 e. The summed E-state index contributed by atoms with van der Waals surface area (Å²) in [5.74, 6) is 0.912. The zero-order chi connectivity index (χ0) is 12.6. The highest BCUT2D eigenvalue weighted by Crippen LogP contribution is 2.42. The maximum absolute atomic E-state index is 5.45. The van der Waals surface area contributed by atoms with E-state index >= 15 is 0 Å². The second kappa shape index (κ2) is 4.42. The number of hydrogen-bond donors (Lipinski definition) is 1. The van der Waals surface area contributed by atoms with Gasteiger partial charge in [-0.3, -0.25) is 0 Å². The van der Waals surface area contributed by atoms with Crippen LogP contribution in [0.2, 0.25) is 0 Å². The van der Waals surface area contributed by atoms with Crippen LogP contribution in [0.3, 0.4) is 0 Å². The van der Waals surface area contributed by atoms with Crippen LogP contribution in [-0.4, -0.2) is 24.4 Å². The minimum absolute atomic E-state index is 0.202. The van der Waals surface area contributed by atoms with Crippen molar-refractivity contribution in [2.75, 3.05) is 7.11 Å². The molecule has 4 heteroatoms. The highest BCUT2D eigenvalue weighted by molar-refractivity contribution is 5.21. The van der Waals surface area contributed by atoms with Gasteiger partial charge in [-0.15, -0.1) is 0 Å².